The van der Waals surface area contributed by atoms with Crippen molar-refractivity contribution in [2.75, 3.05) is 0 Å². The molecule has 6 rings (SSSR count). The van der Waals surface area contributed by atoms with Gasteiger partial charge < -0.3 is 4.57 Å². The zero-order valence-corrected chi connectivity index (χ0v) is 19.1. The third-order valence-electron chi connectivity index (χ3n) is 6.58. The highest BCUT2D eigenvalue weighted by molar-refractivity contribution is 7.10. The molecule has 0 radical (unpaired) electrons. The van der Waals surface area contributed by atoms with Gasteiger partial charge in [0.2, 0.25) is 0 Å². The molecule has 2 heterocycles. The molecule has 160 valence electrons. The number of hydrogen-bond acceptors (Lipinski definition) is 2. The molecule has 0 saturated carbocycles. The standard InChI is InChI=1S/C30H24N2S/c1-4-11-23(12-5-1)30(24-13-6-2-7-14-24,25-15-8-3-9-16-25)32-21-28(31-22-32)26-17-10-18-29-27(26)19-20-33-29/h1-9,11-17,19-22H,10,18H2. The topological polar surface area (TPSA) is 17.8 Å². The van der Waals surface area contributed by atoms with E-state index in [9.17, 15) is 0 Å². The smallest absolute Gasteiger partial charge is 0.121 e. The zero-order chi connectivity index (χ0) is 22.1. The first-order chi connectivity index (χ1) is 16.4. The van der Waals surface area contributed by atoms with Crippen molar-refractivity contribution in [2.45, 2.75) is 18.4 Å². The summed E-state index contributed by atoms with van der Waals surface area (Å²) < 4.78 is 2.30. The van der Waals surface area contributed by atoms with Crippen molar-refractivity contribution < 1.29 is 0 Å². The van der Waals surface area contributed by atoms with Crippen LogP contribution in [-0.2, 0) is 12.0 Å². The van der Waals surface area contributed by atoms with E-state index in [0.717, 1.165) is 18.5 Å². The number of nitrogens with zero attached hydrogens (tertiary/aromatic N) is 2. The lowest BCUT2D eigenvalue weighted by Crippen LogP contribution is -2.36. The molecule has 1 aliphatic carbocycles. The SMILES string of the molecule is C1=C(c2cn(C(c3ccccc3)(c3ccccc3)c3ccccc3)cn2)c2ccsc2CC1. The van der Waals surface area contributed by atoms with Crippen LogP contribution in [0.15, 0.2) is 121 Å². The first kappa shape index (κ1) is 20.0. The van der Waals surface area contributed by atoms with Crippen LogP contribution in [0, 0.1) is 0 Å². The summed E-state index contributed by atoms with van der Waals surface area (Å²) >= 11 is 1.85. The Bertz CT molecular complexity index is 1300. The summed E-state index contributed by atoms with van der Waals surface area (Å²) in [5.74, 6) is 0. The maximum absolute atomic E-state index is 4.96. The van der Waals surface area contributed by atoms with Crippen LogP contribution in [0.3, 0.4) is 0 Å². The van der Waals surface area contributed by atoms with Crippen molar-refractivity contribution in [1.82, 2.24) is 9.55 Å². The molecule has 0 aliphatic heterocycles. The predicted octanol–water partition coefficient (Wildman–Crippen LogP) is 7.16. The molecule has 2 nitrogen and oxygen atoms in total. The summed E-state index contributed by atoms with van der Waals surface area (Å²) in [6.45, 7) is 0. The highest BCUT2D eigenvalue weighted by Gasteiger charge is 2.38. The van der Waals surface area contributed by atoms with Crippen LogP contribution >= 0.6 is 11.3 Å². The normalized spacial score (nSPS) is 13.4. The van der Waals surface area contributed by atoms with E-state index in [1.807, 2.05) is 17.7 Å². The lowest BCUT2D eigenvalue weighted by Gasteiger charge is -2.37. The van der Waals surface area contributed by atoms with E-state index >= 15 is 0 Å². The van der Waals surface area contributed by atoms with E-state index in [2.05, 4.69) is 119 Å². The number of aryl methyl sites for hydroxylation is 1. The van der Waals surface area contributed by atoms with Gasteiger partial charge in [0.05, 0.1) is 12.0 Å². The molecule has 0 saturated heterocycles. The van der Waals surface area contributed by atoms with E-state index < -0.39 is 5.54 Å². The van der Waals surface area contributed by atoms with Gasteiger partial charge in [-0.05, 0) is 46.5 Å². The quantitative estimate of drug-likeness (QED) is 0.263. The lowest BCUT2D eigenvalue weighted by molar-refractivity contribution is 0.514. The van der Waals surface area contributed by atoms with Gasteiger partial charge in [-0.2, -0.15) is 0 Å². The second-order valence-corrected chi connectivity index (χ2v) is 9.39. The number of hydrogen-bond donors (Lipinski definition) is 0. The summed E-state index contributed by atoms with van der Waals surface area (Å²) in [6.07, 6.45) is 8.77. The minimum atomic E-state index is -0.526. The van der Waals surface area contributed by atoms with E-state index in [1.54, 1.807) is 0 Å². The van der Waals surface area contributed by atoms with Crippen molar-refractivity contribution >= 4 is 16.9 Å². The number of rotatable bonds is 5. The van der Waals surface area contributed by atoms with Crippen LogP contribution in [0.1, 0.15) is 39.2 Å². The first-order valence-corrected chi connectivity index (χ1v) is 12.2. The van der Waals surface area contributed by atoms with Gasteiger partial charge in [-0.25, -0.2) is 4.98 Å². The fourth-order valence-electron chi connectivity index (χ4n) is 5.10. The average Bonchev–Trinajstić information content (AvgIpc) is 3.57. The largest absolute Gasteiger partial charge is 0.318 e. The highest BCUT2D eigenvalue weighted by atomic mass is 32.1. The molecule has 0 fully saturated rings. The molecule has 0 atom stereocenters. The van der Waals surface area contributed by atoms with Gasteiger partial charge in [-0.1, -0.05) is 97.1 Å². The van der Waals surface area contributed by atoms with Gasteiger partial charge in [0.1, 0.15) is 5.54 Å². The highest BCUT2D eigenvalue weighted by Crippen LogP contribution is 2.42. The molecular weight excluding hydrogens is 420 g/mol. The molecule has 0 spiro atoms. The van der Waals surface area contributed by atoms with Crippen molar-refractivity contribution in [3.05, 3.63) is 154 Å². The monoisotopic (exact) mass is 444 g/mol. The average molecular weight is 445 g/mol. The molecule has 33 heavy (non-hydrogen) atoms. The van der Waals surface area contributed by atoms with Crippen molar-refractivity contribution in [1.29, 1.82) is 0 Å². The van der Waals surface area contributed by atoms with E-state index in [4.69, 9.17) is 4.98 Å². The van der Waals surface area contributed by atoms with E-state index in [0.29, 0.717) is 0 Å². The zero-order valence-electron chi connectivity index (χ0n) is 18.3. The van der Waals surface area contributed by atoms with Crippen molar-refractivity contribution in [2.24, 2.45) is 0 Å². The summed E-state index contributed by atoms with van der Waals surface area (Å²) in [4.78, 5) is 6.42. The van der Waals surface area contributed by atoms with E-state index in [1.165, 1.54) is 32.7 Å². The Morgan fingerprint density at radius 1 is 0.727 bits per heavy atom. The van der Waals surface area contributed by atoms with Crippen LogP contribution in [-0.4, -0.2) is 9.55 Å². The molecule has 0 bridgehead atoms. The van der Waals surface area contributed by atoms with Gasteiger partial charge in [-0.3, -0.25) is 0 Å². The number of thiophene rings is 1. The predicted molar refractivity (Wildman–Crippen MR) is 137 cm³/mol. The maximum atomic E-state index is 4.96. The van der Waals surface area contributed by atoms with Gasteiger partial charge in [-0.15, -0.1) is 11.3 Å². The number of imidazole rings is 1. The molecule has 3 aromatic carbocycles. The summed E-state index contributed by atoms with van der Waals surface area (Å²) in [5.41, 5.74) is 6.71. The van der Waals surface area contributed by atoms with Gasteiger partial charge in [0.25, 0.3) is 0 Å². The molecule has 0 N–H and O–H groups in total. The number of benzene rings is 3. The van der Waals surface area contributed by atoms with Crippen LogP contribution < -0.4 is 0 Å². The molecule has 2 aromatic heterocycles. The molecule has 0 amide bonds. The molecule has 0 unspecified atom stereocenters. The minimum absolute atomic E-state index is 0.526. The second kappa shape index (κ2) is 8.34. The second-order valence-electron chi connectivity index (χ2n) is 8.39. The Morgan fingerprint density at radius 3 is 1.88 bits per heavy atom. The maximum Gasteiger partial charge on any atom is 0.121 e. The Hall–Kier alpha value is -3.69. The van der Waals surface area contributed by atoms with Gasteiger partial charge in [0.15, 0.2) is 0 Å². The molecule has 1 aliphatic rings. The van der Waals surface area contributed by atoms with Gasteiger partial charge >= 0.3 is 0 Å². The Kier molecular flexibility index (Phi) is 5.04. The third kappa shape index (κ3) is 3.28. The Morgan fingerprint density at radius 2 is 1.30 bits per heavy atom. The number of fused-ring (bicyclic) bond motifs is 1. The van der Waals surface area contributed by atoms with Crippen LogP contribution in [0.2, 0.25) is 0 Å². The van der Waals surface area contributed by atoms with Crippen LogP contribution in [0.5, 0.6) is 0 Å². The molecule has 3 heteroatoms. The number of allylic oxidation sites excluding steroid dienone is 1. The van der Waals surface area contributed by atoms with Gasteiger partial charge in [0, 0.05) is 16.6 Å². The van der Waals surface area contributed by atoms with Crippen LogP contribution in [0.4, 0.5) is 0 Å². The van der Waals surface area contributed by atoms with Crippen molar-refractivity contribution in [3.63, 3.8) is 0 Å². The summed E-state index contributed by atoms with van der Waals surface area (Å²) in [7, 11) is 0. The van der Waals surface area contributed by atoms with E-state index in [-0.39, 0.29) is 0 Å². The van der Waals surface area contributed by atoms with Crippen molar-refractivity contribution in [3.8, 4) is 0 Å². The third-order valence-corrected chi connectivity index (χ3v) is 7.56. The lowest BCUT2D eigenvalue weighted by atomic mass is 9.76. The number of aromatic nitrogens is 2. The summed E-state index contributed by atoms with van der Waals surface area (Å²) in [6, 6.07) is 34.5. The van der Waals surface area contributed by atoms with Crippen LogP contribution in [0.25, 0.3) is 5.57 Å². The minimum Gasteiger partial charge on any atom is -0.318 e. The fourth-order valence-corrected chi connectivity index (χ4v) is 6.01. The molecular formula is C30H24N2S. The summed E-state index contributed by atoms with van der Waals surface area (Å²) in [5, 5.41) is 2.20. The Labute approximate surface area is 198 Å². The molecule has 5 aromatic rings. The fraction of sp³-hybridized carbons (Fsp3) is 0.100. The first-order valence-electron chi connectivity index (χ1n) is 11.4. The Balaban J connectivity index is 1.61.